The number of sulfonamides is 1. The summed E-state index contributed by atoms with van der Waals surface area (Å²) >= 11 is 0. The Kier molecular flexibility index (Phi) is 4.63. The van der Waals surface area contributed by atoms with E-state index in [1.54, 1.807) is 0 Å². The number of anilines is 1. The fourth-order valence-electron chi connectivity index (χ4n) is 1.08. The molecule has 90 valence electrons. The second-order valence-electron chi connectivity index (χ2n) is 3.21. The van der Waals surface area contributed by atoms with E-state index in [-0.39, 0.29) is 18.0 Å². The van der Waals surface area contributed by atoms with Crippen LogP contribution in [0.2, 0.25) is 0 Å². The molecule has 0 aliphatic heterocycles. The van der Waals surface area contributed by atoms with Crippen LogP contribution < -0.4 is 4.72 Å². The number of halogens is 1. The highest BCUT2D eigenvalue weighted by atomic mass is 32.2. The van der Waals surface area contributed by atoms with Crippen LogP contribution in [0.3, 0.4) is 0 Å². The van der Waals surface area contributed by atoms with Gasteiger partial charge in [0, 0.05) is 12.8 Å². The first-order valence-electron chi connectivity index (χ1n) is 4.76. The number of nitrogens with one attached hydrogen (secondary N) is 1. The van der Waals surface area contributed by atoms with Crippen LogP contribution in [0.4, 0.5) is 10.1 Å². The fourth-order valence-corrected chi connectivity index (χ4v) is 2.27. The third-order valence-electron chi connectivity index (χ3n) is 1.86. The zero-order valence-electron chi connectivity index (χ0n) is 8.56. The van der Waals surface area contributed by atoms with Gasteiger partial charge in [-0.2, -0.15) is 0 Å². The summed E-state index contributed by atoms with van der Waals surface area (Å²) in [6, 6.07) is 1.25. The summed E-state index contributed by atoms with van der Waals surface area (Å²) in [6.07, 6.45) is 2.97. The summed E-state index contributed by atoms with van der Waals surface area (Å²) in [5.74, 6) is -0.858. The zero-order chi connectivity index (χ0) is 12.0. The van der Waals surface area contributed by atoms with Gasteiger partial charge in [0.1, 0.15) is 0 Å². The molecule has 0 radical (unpaired) electrons. The summed E-state index contributed by atoms with van der Waals surface area (Å²) in [5, 5.41) is 8.51. The minimum absolute atomic E-state index is 0.0564. The van der Waals surface area contributed by atoms with E-state index in [0.29, 0.717) is 12.8 Å². The monoisotopic (exact) mass is 248 g/mol. The Morgan fingerprint density at radius 1 is 1.44 bits per heavy atom. The molecule has 0 bridgehead atoms. The molecule has 0 aliphatic carbocycles. The fraction of sp³-hybridized carbons (Fsp3) is 0.444. The molecule has 0 aliphatic rings. The van der Waals surface area contributed by atoms with Crippen molar-refractivity contribution in [3.05, 3.63) is 24.3 Å². The zero-order valence-corrected chi connectivity index (χ0v) is 9.37. The first-order valence-corrected chi connectivity index (χ1v) is 6.41. The second-order valence-corrected chi connectivity index (χ2v) is 5.05. The molecule has 1 aromatic rings. The van der Waals surface area contributed by atoms with Crippen LogP contribution in [0.1, 0.15) is 12.8 Å². The van der Waals surface area contributed by atoms with Gasteiger partial charge in [0.15, 0.2) is 5.82 Å². The molecular weight excluding hydrogens is 235 g/mol. The number of hydrogen-bond donors (Lipinski definition) is 2. The van der Waals surface area contributed by atoms with Crippen LogP contribution in [-0.2, 0) is 10.0 Å². The number of nitrogens with zero attached hydrogens (tertiary/aromatic N) is 1. The molecule has 0 aromatic carbocycles. The van der Waals surface area contributed by atoms with Crippen molar-refractivity contribution >= 4 is 15.7 Å². The lowest BCUT2D eigenvalue weighted by Gasteiger charge is -2.07. The van der Waals surface area contributed by atoms with Crippen LogP contribution >= 0.6 is 0 Å². The Bertz CT molecular complexity index is 436. The average molecular weight is 248 g/mol. The molecule has 5 nitrogen and oxygen atoms in total. The third kappa shape index (κ3) is 4.11. The Balaban J connectivity index is 2.63. The molecule has 0 fully saturated rings. The summed E-state index contributed by atoms with van der Waals surface area (Å²) in [4.78, 5) is 3.51. The summed E-state index contributed by atoms with van der Waals surface area (Å²) in [7, 11) is -3.56. The van der Waals surface area contributed by atoms with E-state index < -0.39 is 15.8 Å². The molecular formula is C9H13FN2O3S. The minimum atomic E-state index is -3.56. The highest BCUT2D eigenvalue weighted by Gasteiger charge is 2.12. The van der Waals surface area contributed by atoms with Gasteiger partial charge in [-0.15, -0.1) is 0 Å². The SMILES string of the molecule is O=S(=O)(CCCCO)Nc1ccncc1F. The van der Waals surface area contributed by atoms with Gasteiger partial charge in [0.05, 0.1) is 17.6 Å². The Morgan fingerprint density at radius 3 is 2.81 bits per heavy atom. The smallest absolute Gasteiger partial charge is 0.232 e. The Labute approximate surface area is 93.4 Å². The molecule has 1 aromatic heterocycles. The van der Waals surface area contributed by atoms with Crippen molar-refractivity contribution in [3.63, 3.8) is 0 Å². The van der Waals surface area contributed by atoms with E-state index in [4.69, 9.17) is 5.11 Å². The molecule has 0 spiro atoms. The number of aliphatic hydroxyl groups excluding tert-OH is 1. The topological polar surface area (TPSA) is 79.3 Å². The van der Waals surface area contributed by atoms with Gasteiger partial charge in [-0.05, 0) is 18.9 Å². The molecule has 0 amide bonds. The molecule has 16 heavy (non-hydrogen) atoms. The normalized spacial score (nSPS) is 11.4. The number of hydrogen-bond acceptors (Lipinski definition) is 4. The van der Waals surface area contributed by atoms with Crippen LogP contribution in [-0.4, -0.2) is 30.9 Å². The van der Waals surface area contributed by atoms with Crippen LogP contribution in [0.5, 0.6) is 0 Å². The maximum absolute atomic E-state index is 13.1. The van der Waals surface area contributed by atoms with Gasteiger partial charge in [-0.25, -0.2) is 12.8 Å². The lowest BCUT2D eigenvalue weighted by molar-refractivity contribution is 0.287. The van der Waals surface area contributed by atoms with Crippen molar-refractivity contribution < 1.29 is 17.9 Å². The molecule has 7 heteroatoms. The predicted octanol–water partition coefficient (Wildman–Crippen LogP) is 0.735. The van der Waals surface area contributed by atoms with E-state index in [1.807, 2.05) is 0 Å². The van der Waals surface area contributed by atoms with E-state index in [1.165, 1.54) is 12.3 Å². The number of rotatable bonds is 6. The van der Waals surface area contributed by atoms with Gasteiger partial charge in [0.2, 0.25) is 10.0 Å². The Hall–Kier alpha value is -1.21. The van der Waals surface area contributed by atoms with E-state index in [2.05, 4.69) is 9.71 Å². The molecule has 0 atom stereocenters. The summed E-state index contributed by atoms with van der Waals surface area (Å²) in [6.45, 7) is -0.0564. The van der Waals surface area contributed by atoms with E-state index in [9.17, 15) is 12.8 Å². The van der Waals surface area contributed by atoms with Gasteiger partial charge >= 0.3 is 0 Å². The lowest BCUT2D eigenvalue weighted by Crippen LogP contribution is -2.17. The third-order valence-corrected chi connectivity index (χ3v) is 3.22. The van der Waals surface area contributed by atoms with Crippen molar-refractivity contribution in [3.8, 4) is 0 Å². The van der Waals surface area contributed by atoms with Crippen molar-refractivity contribution in [2.45, 2.75) is 12.8 Å². The second kappa shape index (κ2) is 5.76. The van der Waals surface area contributed by atoms with Crippen molar-refractivity contribution in [2.24, 2.45) is 0 Å². The van der Waals surface area contributed by atoms with Gasteiger partial charge < -0.3 is 5.11 Å². The largest absolute Gasteiger partial charge is 0.396 e. The van der Waals surface area contributed by atoms with Crippen LogP contribution in [0.25, 0.3) is 0 Å². The number of unbranched alkanes of at least 4 members (excludes halogenated alkanes) is 1. The van der Waals surface area contributed by atoms with Crippen LogP contribution in [0.15, 0.2) is 18.5 Å². The molecule has 0 saturated heterocycles. The summed E-state index contributed by atoms with van der Waals surface area (Å²) in [5.41, 5.74) is -0.112. The first-order chi connectivity index (χ1) is 7.55. The standard InChI is InChI=1S/C9H13FN2O3S/c10-8-7-11-4-3-9(8)12-16(14,15)6-2-1-5-13/h3-4,7,13H,1-2,5-6H2,(H,11,12). The van der Waals surface area contributed by atoms with Crippen molar-refractivity contribution in [2.75, 3.05) is 17.1 Å². The molecule has 2 N–H and O–H groups in total. The van der Waals surface area contributed by atoms with Gasteiger partial charge in [0.25, 0.3) is 0 Å². The maximum Gasteiger partial charge on any atom is 0.232 e. The highest BCUT2D eigenvalue weighted by Crippen LogP contribution is 2.13. The number of pyridine rings is 1. The average Bonchev–Trinajstić information content (AvgIpc) is 2.21. The van der Waals surface area contributed by atoms with Gasteiger partial charge in [-0.3, -0.25) is 9.71 Å². The Morgan fingerprint density at radius 2 is 2.19 bits per heavy atom. The molecule has 0 unspecified atom stereocenters. The predicted molar refractivity (Wildman–Crippen MR) is 57.9 cm³/mol. The highest BCUT2D eigenvalue weighted by molar-refractivity contribution is 7.92. The van der Waals surface area contributed by atoms with Crippen LogP contribution in [0, 0.1) is 5.82 Å². The molecule has 1 rings (SSSR count). The van der Waals surface area contributed by atoms with E-state index in [0.717, 1.165) is 6.20 Å². The number of aliphatic hydroxyl groups is 1. The van der Waals surface area contributed by atoms with Crippen molar-refractivity contribution in [1.82, 2.24) is 4.98 Å². The minimum Gasteiger partial charge on any atom is -0.396 e. The quantitative estimate of drug-likeness (QED) is 0.727. The molecule has 0 saturated carbocycles. The van der Waals surface area contributed by atoms with Gasteiger partial charge in [-0.1, -0.05) is 0 Å². The van der Waals surface area contributed by atoms with Crippen molar-refractivity contribution in [1.29, 1.82) is 0 Å². The summed E-state index contributed by atoms with van der Waals surface area (Å²) < 4.78 is 38.1. The molecule has 1 heterocycles. The van der Waals surface area contributed by atoms with E-state index >= 15 is 0 Å². The first kappa shape index (κ1) is 12.9. The number of aromatic nitrogens is 1. The maximum atomic E-state index is 13.1. The lowest BCUT2D eigenvalue weighted by atomic mass is 10.4.